The Morgan fingerprint density at radius 2 is 1.85 bits per heavy atom. The Hall–Kier alpha value is -2.53. The van der Waals surface area contributed by atoms with Crippen LogP contribution in [0.2, 0.25) is 0 Å². The zero-order valence-electron chi connectivity index (χ0n) is 20.3. The van der Waals surface area contributed by atoms with Crippen molar-refractivity contribution >= 4 is 6.09 Å². The topological polar surface area (TPSA) is 50.8 Å². The van der Waals surface area contributed by atoms with Crippen LogP contribution in [0.4, 0.5) is 4.79 Å². The molecule has 6 rings (SSSR count). The molecule has 0 unspecified atom stereocenters. The maximum atomic E-state index is 12.9. The summed E-state index contributed by atoms with van der Waals surface area (Å²) < 4.78 is 11.6. The largest absolute Gasteiger partial charge is 0.494 e. The maximum Gasteiger partial charge on any atom is 0.407 e. The van der Waals surface area contributed by atoms with Crippen molar-refractivity contribution in [1.82, 2.24) is 10.2 Å². The van der Waals surface area contributed by atoms with E-state index in [0.717, 1.165) is 50.2 Å². The Bertz CT molecular complexity index is 1040. The van der Waals surface area contributed by atoms with Gasteiger partial charge in [-0.05, 0) is 97.5 Å². The number of nitrogens with zero attached hydrogens (tertiary/aromatic N) is 1. The molecule has 1 amide bonds. The van der Waals surface area contributed by atoms with Crippen molar-refractivity contribution in [2.75, 3.05) is 26.2 Å². The summed E-state index contributed by atoms with van der Waals surface area (Å²) in [5, 5.41) is 3.23. The second-order valence-corrected chi connectivity index (χ2v) is 10.7. The number of aryl methyl sites for hydroxylation is 1. The molecule has 1 aliphatic carbocycles. The number of alkyl carbamates (subject to hydrolysis) is 1. The van der Waals surface area contributed by atoms with Gasteiger partial charge in [0.15, 0.2) is 0 Å². The van der Waals surface area contributed by atoms with Crippen LogP contribution in [0.25, 0.3) is 11.1 Å². The van der Waals surface area contributed by atoms with Crippen LogP contribution in [0.15, 0.2) is 36.4 Å². The minimum Gasteiger partial charge on any atom is -0.494 e. The van der Waals surface area contributed by atoms with Gasteiger partial charge in [-0.1, -0.05) is 38.1 Å². The molecule has 3 heterocycles. The molecule has 5 heteroatoms. The number of fused-ring (bicyclic) bond motifs is 4. The molecule has 176 valence electrons. The van der Waals surface area contributed by atoms with E-state index in [4.69, 9.17) is 9.47 Å². The van der Waals surface area contributed by atoms with E-state index in [9.17, 15) is 4.79 Å². The normalized spacial score (nSPS) is 27.2. The Morgan fingerprint density at radius 3 is 2.52 bits per heavy atom. The summed E-state index contributed by atoms with van der Waals surface area (Å²) in [6.07, 6.45) is 2.97. The minimum atomic E-state index is -0.272. The summed E-state index contributed by atoms with van der Waals surface area (Å²) >= 11 is 0. The van der Waals surface area contributed by atoms with Crippen LogP contribution >= 0.6 is 0 Å². The summed E-state index contributed by atoms with van der Waals surface area (Å²) in [5.74, 6) is 1.46. The zero-order valence-corrected chi connectivity index (χ0v) is 20.3. The molecule has 2 atom stereocenters. The zero-order chi connectivity index (χ0) is 23.2. The lowest BCUT2D eigenvalue weighted by Gasteiger charge is -2.44. The van der Waals surface area contributed by atoms with E-state index in [1.165, 1.54) is 22.3 Å². The average molecular weight is 449 g/mol. The first kappa shape index (κ1) is 22.3. The third-order valence-electron chi connectivity index (χ3n) is 7.81. The first-order valence-electron chi connectivity index (χ1n) is 12.4. The first-order chi connectivity index (χ1) is 15.8. The van der Waals surface area contributed by atoms with Crippen LogP contribution in [0.1, 0.15) is 56.3 Å². The van der Waals surface area contributed by atoms with E-state index in [1.807, 2.05) is 6.92 Å². The molecule has 1 N–H and O–H groups in total. The Morgan fingerprint density at radius 1 is 1.12 bits per heavy atom. The molecule has 5 nitrogen and oxygen atoms in total. The minimum absolute atomic E-state index is 0.0294. The lowest BCUT2D eigenvalue weighted by atomic mass is 9.85. The molecule has 2 aromatic rings. The first-order valence-corrected chi connectivity index (χ1v) is 12.4. The highest BCUT2D eigenvalue weighted by molar-refractivity contribution is 5.71. The molecular weight excluding hydrogens is 412 g/mol. The number of piperidine rings is 3. The molecule has 0 spiro atoms. The van der Waals surface area contributed by atoms with Gasteiger partial charge in [0, 0.05) is 6.54 Å². The molecule has 2 bridgehead atoms. The summed E-state index contributed by atoms with van der Waals surface area (Å²) in [6.45, 7) is 12.4. The molecule has 3 aliphatic heterocycles. The number of rotatable bonds is 5. The smallest absolute Gasteiger partial charge is 0.407 e. The molecule has 0 radical (unpaired) electrons. The standard InChI is InChI=1S/C28H36N2O3/c1-5-32-24-9-7-20(14-18(24)2)21-6-8-23-22(15-21)16-28(3,4)26(23)29-27(31)33-25-17-30-12-10-19(25)11-13-30/h6-9,14-15,19,25-26H,5,10-13,16-17H2,1-4H3,(H,29,31)/t25-,26+/m1/s1. The number of carbonyl (C=O) groups is 1. The molecule has 0 aromatic heterocycles. The lowest BCUT2D eigenvalue weighted by molar-refractivity contribution is -0.0348. The van der Waals surface area contributed by atoms with Gasteiger partial charge in [0.1, 0.15) is 11.9 Å². The van der Waals surface area contributed by atoms with Crippen molar-refractivity contribution in [3.05, 3.63) is 53.1 Å². The fourth-order valence-electron chi connectivity index (χ4n) is 5.99. The van der Waals surface area contributed by atoms with Gasteiger partial charge >= 0.3 is 6.09 Å². The van der Waals surface area contributed by atoms with Crippen molar-refractivity contribution in [2.24, 2.45) is 11.3 Å². The maximum absolute atomic E-state index is 12.9. The van der Waals surface area contributed by atoms with Crippen LogP contribution < -0.4 is 10.1 Å². The van der Waals surface area contributed by atoms with Gasteiger partial charge in [-0.25, -0.2) is 4.79 Å². The molecule has 3 saturated heterocycles. The van der Waals surface area contributed by atoms with Gasteiger partial charge in [-0.3, -0.25) is 4.90 Å². The van der Waals surface area contributed by atoms with Gasteiger partial charge in [0.2, 0.25) is 0 Å². The molecule has 33 heavy (non-hydrogen) atoms. The third-order valence-corrected chi connectivity index (χ3v) is 7.81. The lowest BCUT2D eigenvalue weighted by Crippen LogP contribution is -2.53. The highest BCUT2D eigenvalue weighted by Gasteiger charge is 2.42. The van der Waals surface area contributed by atoms with Gasteiger partial charge in [-0.15, -0.1) is 0 Å². The van der Waals surface area contributed by atoms with Crippen molar-refractivity contribution in [3.63, 3.8) is 0 Å². The monoisotopic (exact) mass is 448 g/mol. The van der Waals surface area contributed by atoms with Crippen LogP contribution in [0.5, 0.6) is 5.75 Å². The Kier molecular flexibility index (Phi) is 5.86. The van der Waals surface area contributed by atoms with Crippen LogP contribution in [0.3, 0.4) is 0 Å². The predicted octanol–water partition coefficient (Wildman–Crippen LogP) is 5.50. The van der Waals surface area contributed by atoms with Gasteiger partial charge in [0.05, 0.1) is 12.6 Å². The van der Waals surface area contributed by atoms with Crippen LogP contribution in [-0.4, -0.2) is 43.3 Å². The number of carbonyl (C=O) groups excluding carboxylic acids is 1. The number of hydrogen-bond acceptors (Lipinski definition) is 4. The number of nitrogens with one attached hydrogen (secondary N) is 1. The van der Waals surface area contributed by atoms with Gasteiger partial charge in [-0.2, -0.15) is 0 Å². The van der Waals surface area contributed by atoms with E-state index < -0.39 is 0 Å². The number of benzene rings is 2. The van der Waals surface area contributed by atoms with Crippen molar-refractivity contribution in [1.29, 1.82) is 0 Å². The fraction of sp³-hybridized carbons (Fsp3) is 0.536. The summed E-state index contributed by atoms with van der Waals surface area (Å²) in [4.78, 5) is 15.3. The van der Waals surface area contributed by atoms with E-state index in [-0.39, 0.29) is 23.7 Å². The average Bonchev–Trinajstić information content (AvgIpc) is 3.04. The predicted molar refractivity (Wildman–Crippen MR) is 131 cm³/mol. The Balaban J connectivity index is 1.32. The highest BCUT2D eigenvalue weighted by Crippen LogP contribution is 2.46. The number of ether oxygens (including phenoxy) is 2. The summed E-state index contributed by atoms with van der Waals surface area (Å²) in [6, 6.07) is 13.0. The number of hydrogen-bond donors (Lipinski definition) is 1. The van der Waals surface area contributed by atoms with Crippen molar-refractivity contribution in [2.45, 2.75) is 59.1 Å². The SMILES string of the molecule is CCOc1ccc(-c2ccc3c(c2)CC(C)(C)[C@H]3NC(=O)O[C@@H]2CN3CCC2CC3)cc1C. The summed E-state index contributed by atoms with van der Waals surface area (Å²) in [5.41, 5.74) is 5.98. The highest BCUT2D eigenvalue weighted by atomic mass is 16.6. The molecule has 3 fully saturated rings. The third kappa shape index (κ3) is 4.35. The van der Waals surface area contributed by atoms with E-state index in [2.05, 4.69) is 67.4 Å². The second-order valence-electron chi connectivity index (χ2n) is 10.7. The molecule has 4 aliphatic rings. The second kappa shape index (κ2) is 8.68. The van der Waals surface area contributed by atoms with E-state index in [1.54, 1.807) is 0 Å². The molecular formula is C28H36N2O3. The van der Waals surface area contributed by atoms with Crippen LogP contribution in [-0.2, 0) is 11.2 Å². The van der Waals surface area contributed by atoms with Crippen molar-refractivity contribution in [3.8, 4) is 16.9 Å². The van der Waals surface area contributed by atoms with Crippen LogP contribution in [0, 0.1) is 18.3 Å². The quantitative estimate of drug-likeness (QED) is 0.656. The summed E-state index contributed by atoms with van der Waals surface area (Å²) in [7, 11) is 0. The van der Waals surface area contributed by atoms with Gasteiger partial charge < -0.3 is 14.8 Å². The van der Waals surface area contributed by atoms with Gasteiger partial charge in [0.25, 0.3) is 0 Å². The fourth-order valence-corrected chi connectivity index (χ4v) is 5.99. The van der Waals surface area contributed by atoms with E-state index in [0.29, 0.717) is 12.5 Å². The van der Waals surface area contributed by atoms with Crippen molar-refractivity contribution < 1.29 is 14.3 Å². The Labute approximate surface area is 197 Å². The number of amides is 1. The van der Waals surface area contributed by atoms with E-state index >= 15 is 0 Å². The molecule has 2 aromatic carbocycles. The molecule has 0 saturated carbocycles.